The third kappa shape index (κ3) is 5.83. The number of halogens is 1. The van der Waals surface area contributed by atoms with Crippen molar-refractivity contribution in [3.8, 4) is 0 Å². The topological polar surface area (TPSA) is 97.6 Å². The van der Waals surface area contributed by atoms with E-state index in [-0.39, 0.29) is 30.9 Å². The van der Waals surface area contributed by atoms with Gasteiger partial charge in [-0.25, -0.2) is 0 Å². The van der Waals surface area contributed by atoms with E-state index in [0.717, 1.165) is 55.1 Å². The van der Waals surface area contributed by atoms with E-state index in [1.54, 1.807) is 0 Å². The number of carboxylic acids is 1. The van der Waals surface area contributed by atoms with Crippen LogP contribution in [0.4, 0.5) is 17.1 Å². The minimum absolute atomic E-state index is 0. The summed E-state index contributed by atoms with van der Waals surface area (Å²) >= 11 is 1.13. The van der Waals surface area contributed by atoms with E-state index in [1.165, 1.54) is 0 Å². The molecule has 148 valence electrons. The van der Waals surface area contributed by atoms with Gasteiger partial charge < -0.3 is 10.4 Å². The van der Waals surface area contributed by atoms with E-state index in [1.807, 2.05) is 30.1 Å². The number of hydrogen-bond donors (Lipinski definition) is 2. The summed E-state index contributed by atoms with van der Waals surface area (Å²) in [6, 6.07) is 5.81. The van der Waals surface area contributed by atoms with Gasteiger partial charge in [0.05, 0.1) is 30.1 Å². The molecule has 2 aliphatic heterocycles. The van der Waals surface area contributed by atoms with E-state index in [2.05, 4.69) is 18.9 Å². The molecule has 10 heteroatoms. The van der Waals surface area contributed by atoms with Gasteiger partial charge in [0, 0.05) is 12.6 Å². The molecule has 0 saturated carbocycles. The van der Waals surface area contributed by atoms with Gasteiger partial charge in [0.2, 0.25) is 5.91 Å². The monoisotopic (exact) mass is 413 g/mol. The standard InChI is InChI=1S/C17H23N5O3S.ClH/c1-21(11-16(24)25)12-4-3-8-22(9-7-12)10-15(23)18-13-5-2-6-14-17(13)20-26-19-14;/h2,5-6,12H,3-4,7-11H2,1H3,(H,18,23)(H,24,25);1H. The second kappa shape index (κ2) is 9.93. The van der Waals surface area contributed by atoms with Gasteiger partial charge in [-0.15, -0.1) is 12.4 Å². The highest BCUT2D eigenvalue weighted by Gasteiger charge is 2.23. The van der Waals surface area contributed by atoms with Crippen molar-refractivity contribution < 1.29 is 14.7 Å². The van der Waals surface area contributed by atoms with Gasteiger partial charge in [0.1, 0.15) is 11.4 Å². The maximum Gasteiger partial charge on any atom is 0.317 e. The highest BCUT2D eigenvalue weighted by molar-refractivity contribution is 7.58. The third-order valence-corrected chi connectivity index (χ3v) is 5.27. The molecular formula is C17H24ClN5O3S. The maximum atomic E-state index is 12.4. The molecule has 8 nitrogen and oxygen atoms in total. The Morgan fingerprint density at radius 1 is 1.33 bits per heavy atom. The Morgan fingerprint density at radius 2 is 2.15 bits per heavy atom. The summed E-state index contributed by atoms with van der Waals surface area (Å²) < 4.78 is 8.42. The number of nitrogens with zero attached hydrogens (tertiary/aromatic N) is 4. The zero-order valence-electron chi connectivity index (χ0n) is 15.1. The van der Waals surface area contributed by atoms with Crippen molar-refractivity contribution >= 4 is 52.7 Å². The Kier molecular flexibility index (Phi) is 7.91. The minimum Gasteiger partial charge on any atom is -0.480 e. The Bertz CT molecular complexity index is 769. The predicted octanol–water partition coefficient (Wildman–Crippen LogP) is 2.64. The van der Waals surface area contributed by atoms with Crippen molar-refractivity contribution in [1.82, 2.24) is 9.80 Å². The molecule has 0 radical (unpaired) electrons. The smallest absolute Gasteiger partial charge is 0.317 e. The van der Waals surface area contributed by atoms with Gasteiger partial charge in [-0.3, -0.25) is 19.4 Å². The van der Waals surface area contributed by atoms with Crippen LogP contribution < -0.4 is 5.32 Å². The SMILES string of the molecule is CN(CC(=O)O)C1CCCN(CC(=O)Nc2cccc3c2N=S=N3)CC1.Cl. The van der Waals surface area contributed by atoms with Crippen LogP contribution in [0.1, 0.15) is 19.3 Å². The molecule has 1 aromatic carbocycles. The molecule has 2 N–H and O–H groups in total. The zero-order chi connectivity index (χ0) is 18.5. The van der Waals surface area contributed by atoms with Crippen LogP contribution in [0.25, 0.3) is 0 Å². The predicted molar refractivity (Wildman–Crippen MR) is 108 cm³/mol. The summed E-state index contributed by atoms with van der Waals surface area (Å²) in [4.78, 5) is 27.3. The normalized spacial score (nSPS) is 19.0. The molecule has 1 amide bonds. The van der Waals surface area contributed by atoms with Crippen molar-refractivity contribution in [1.29, 1.82) is 0 Å². The van der Waals surface area contributed by atoms with Crippen molar-refractivity contribution in [3.63, 3.8) is 0 Å². The molecule has 2 heterocycles. The average Bonchev–Trinajstić information content (AvgIpc) is 2.95. The molecule has 1 unspecified atom stereocenters. The number of amides is 1. The number of likely N-dealkylation sites (tertiary alicyclic amines) is 1. The lowest BCUT2D eigenvalue weighted by Gasteiger charge is -2.25. The number of aliphatic carboxylic acids is 1. The fourth-order valence-electron chi connectivity index (χ4n) is 3.38. The molecule has 2 aliphatic rings. The number of anilines is 1. The highest BCUT2D eigenvalue weighted by atomic mass is 35.5. The van der Waals surface area contributed by atoms with Crippen LogP contribution in [-0.4, -0.2) is 66.1 Å². The average molecular weight is 414 g/mol. The van der Waals surface area contributed by atoms with Crippen LogP contribution in [0.15, 0.2) is 26.9 Å². The van der Waals surface area contributed by atoms with E-state index in [9.17, 15) is 9.59 Å². The molecule has 0 aliphatic carbocycles. The van der Waals surface area contributed by atoms with E-state index in [0.29, 0.717) is 12.2 Å². The number of carboxylic acid groups (broad SMARTS) is 1. The van der Waals surface area contributed by atoms with Crippen LogP contribution in [0, 0.1) is 0 Å². The Labute approximate surface area is 168 Å². The third-order valence-electron chi connectivity index (χ3n) is 4.73. The minimum atomic E-state index is -0.807. The lowest BCUT2D eigenvalue weighted by molar-refractivity contribution is -0.138. The Hall–Kier alpha value is -1.81. The summed E-state index contributed by atoms with van der Waals surface area (Å²) in [6.45, 7) is 2.00. The molecule has 0 spiro atoms. The van der Waals surface area contributed by atoms with Gasteiger partial charge in [-0.1, -0.05) is 6.07 Å². The van der Waals surface area contributed by atoms with Crippen LogP contribution >= 0.6 is 12.4 Å². The fraction of sp³-hybridized carbons (Fsp3) is 0.529. The summed E-state index contributed by atoms with van der Waals surface area (Å²) in [5.74, 6) is -0.874. The van der Waals surface area contributed by atoms with Crippen molar-refractivity contribution in [2.75, 3.05) is 38.5 Å². The van der Waals surface area contributed by atoms with Crippen LogP contribution in [0.2, 0.25) is 0 Å². The molecule has 0 aromatic heterocycles. The number of hydrogen-bond acceptors (Lipinski definition) is 6. The van der Waals surface area contributed by atoms with Crippen LogP contribution in [0.3, 0.4) is 0 Å². The van der Waals surface area contributed by atoms with Gasteiger partial charge in [0.15, 0.2) is 0 Å². The quantitative estimate of drug-likeness (QED) is 0.758. The molecule has 3 rings (SSSR count). The van der Waals surface area contributed by atoms with Crippen molar-refractivity contribution in [2.45, 2.75) is 25.3 Å². The Balaban J connectivity index is 0.00000261. The second-order valence-electron chi connectivity index (χ2n) is 6.66. The molecule has 1 atom stereocenters. The number of benzene rings is 1. The second-order valence-corrected chi connectivity index (χ2v) is 7.18. The van der Waals surface area contributed by atoms with Crippen molar-refractivity contribution in [2.24, 2.45) is 8.73 Å². The highest BCUT2D eigenvalue weighted by Crippen LogP contribution is 2.38. The lowest BCUT2D eigenvalue weighted by Crippen LogP contribution is -2.37. The first-order valence-electron chi connectivity index (χ1n) is 8.68. The van der Waals surface area contributed by atoms with E-state index in [4.69, 9.17) is 5.11 Å². The number of carbonyl (C=O) groups excluding carboxylic acids is 1. The van der Waals surface area contributed by atoms with Crippen molar-refractivity contribution in [3.05, 3.63) is 18.2 Å². The van der Waals surface area contributed by atoms with Gasteiger partial charge in [0.25, 0.3) is 0 Å². The summed E-state index contributed by atoms with van der Waals surface area (Å²) in [5, 5.41) is 11.9. The first-order chi connectivity index (χ1) is 12.5. The number of fused-ring (bicyclic) bond motifs is 1. The fourth-order valence-corrected chi connectivity index (χ4v) is 3.93. The lowest BCUT2D eigenvalue weighted by atomic mass is 10.1. The first kappa shape index (κ1) is 21.5. The van der Waals surface area contributed by atoms with Gasteiger partial charge >= 0.3 is 5.97 Å². The van der Waals surface area contributed by atoms with Crippen LogP contribution in [-0.2, 0) is 20.9 Å². The largest absolute Gasteiger partial charge is 0.480 e. The summed E-state index contributed by atoms with van der Waals surface area (Å²) in [6.07, 6.45) is 2.77. The molecule has 0 bridgehead atoms. The summed E-state index contributed by atoms with van der Waals surface area (Å²) in [5.41, 5.74) is 2.19. The molecule has 27 heavy (non-hydrogen) atoms. The number of likely N-dealkylation sites (N-methyl/N-ethyl adjacent to an activating group) is 1. The molecule has 1 saturated heterocycles. The molecule has 1 aromatic rings. The number of rotatable bonds is 6. The first-order valence-corrected chi connectivity index (χ1v) is 9.41. The molecule has 1 fully saturated rings. The zero-order valence-corrected chi connectivity index (χ0v) is 16.8. The molecular weight excluding hydrogens is 390 g/mol. The number of nitrogens with one attached hydrogen (secondary N) is 1. The van der Waals surface area contributed by atoms with Crippen LogP contribution in [0.5, 0.6) is 0 Å². The van der Waals surface area contributed by atoms with E-state index < -0.39 is 5.97 Å². The Morgan fingerprint density at radius 3 is 2.93 bits per heavy atom. The van der Waals surface area contributed by atoms with Gasteiger partial charge in [-0.2, -0.15) is 8.73 Å². The number of carbonyl (C=O) groups is 2. The summed E-state index contributed by atoms with van der Waals surface area (Å²) in [7, 11) is 1.85. The maximum absolute atomic E-state index is 12.4. The van der Waals surface area contributed by atoms with Gasteiger partial charge in [-0.05, 0) is 45.0 Å². The van der Waals surface area contributed by atoms with E-state index >= 15 is 0 Å².